The van der Waals surface area contributed by atoms with Gasteiger partial charge in [-0.1, -0.05) is 6.92 Å². The van der Waals surface area contributed by atoms with E-state index >= 15 is 0 Å². The molecule has 1 atom stereocenters. The number of rotatable bonds is 7. The number of hydrogen-bond donors (Lipinski definition) is 2. The second kappa shape index (κ2) is 9.56. The molecule has 0 fully saturated rings. The minimum absolute atomic E-state index is 0.0627. The first kappa shape index (κ1) is 26.2. The van der Waals surface area contributed by atoms with Gasteiger partial charge in [0.1, 0.15) is 16.8 Å². The number of amides is 1. The van der Waals surface area contributed by atoms with E-state index in [0.717, 1.165) is 12.3 Å². The zero-order valence-electron chi connectivity index (χ0n) is 19.5. The van der Waals surface area contributed by atoms with Gasteiger partial charge in [-0.2, -0.15) is 17.9 Å². The summed E-state index contributed by atoms with van der Waals surface area (Å²) in [5.41, 5.74) is 7.17. The van der Waals surface area contributed by atoms with E-state index in [4.69, 9.17) is 5.73 Å². The number of carbonyl (C=O) groups is 1. The van der Waals surface area contributed by atoms with Gasteiger partial charge in [-0.25, -0.2) is 12.8 Å². The lowest BCUT2D eigenvalue weighted by molar-refractivity contribution is -0.147. The summed E-state index contributed by atoms with van der Waals surface area (Å²) in [6.07, 6.45) is -0.504. The van der Waals surface area contributed by atoms with Crippen LogP contribution in [0.1, 0.15) is 29.8 Å². The largest absolute Gasteiger partial charge is 0.404 e. The molecule has 0 saturated carbocycles. The van der Waals surface area contributed by atoms with Crippen LogP contribution in [0.2, 0.25) is 0 Å². The average Bonchev–Trinajstić information content (AvgIpc) is 3.17. The highest BCUT2D eigenvalue weighted by Gasteiger charge is 2.39. The summed E-state index contributed by atoms with van der Waals surface area (Å²) < 4.78 is 81.4. The number of benzene rings is 1. The Bertz CT molecular complexity index is 1590. The first-order valence-corrected chi connectivity index (χ1v) is 12.5. The molecule has 1 aromatic carbocycles. The molecule has 194 valence electrons. The molecule has 0 aliphatic rings. The van der Waals surface area contributed by atoms with Crippen molar-refractivity contribution < 1.29 is 30.8 Å². The maximum atomic E-state index is 14.7. The van der Waals surface area contributed by atoms with Crippen LogP contribution >= 0.6 is 0 Å². The number of alkyl halides is 3. The third-order valence-electron chi connectivity index (χ3n) is 5.78. The Morgan fingerprint density at radius 3 is 2.46 bits per heavy atom. The Morgan fingerprint density at radius 2 is 1.92 bits per heavy atom. The van der Waals surface area contributed by atoms with Gasteiger partial charge in [0.05, 0.1) is 34.4 Å². The quantitative estimate of drug-likeness (QED) is 0.345. The van der Waals surface area contributed by atoms with E-state index in [-0.39, 0.29) is 22.3 Å². The van der Waals surface area contributed by atoms with Crippen molar-refractivity contribution in [3.8, 4) is 17.1 Å². The smallest absolute Gasteiger partial charge is 0.366 e. The molecular weight excluding hydrogens is 514 g/mol. The Labute approximate surface area is 209 Å². The predicted molar refractivity (Wildman–Crippen MR) is 128 cm³/mol. The Balaban J connectivity index is 1.95. The van der Waals surface area contributed by atoms with Gasteiger partial charge in [-0.15, -0.1) is 0 Å². The van der Waals surface area contributed by atoms with Crippen LogP contribution < -0.4 is 10.5 Å². The van der Waals surface area contributed by atoms with Crippen LogP contribution in [0.5, 0.6) is 0 Å². The summed E-state index contributed by atoms with van der Waals surface area (Å²) in [5.74, 6) is -1.42. The van der Waals surface area contributed by atoms with Crippen LogP contribution in [-0.4, -0.2) is 41.1 Å². The molecular formula is C24H21F4N5O3S. The number of hydrogen-bond acceptors (Lipinski definition) is 5. The number of halogens is 4. The van der Waals surface area contributed by atoms with Gasteiger partial charge in [-0.3, -0.25) is 14.8 Å². The van der Waals surface area contributed by atoms with E-state index in [9.17, 15) is 30.8 Å². The number of carbonyl (C=O) groups excluding carboxylic acids is 1. The summed E-state index contributed by atoms with van der Waals surface area (Å²) in [7, 11) is -4.56. The van der Waals surface area contributed by atoms with Crippen molar-refractivity contribution in [1.29, 1.82) is 0 Å². The fraction of sp³-hybridized carbons (Fsp3) is 0.208. The molecule has 0 bridgehead atoms. The van der Waals surface area contributed by atoms with Crippen LogP contribution in [-0.2, 0) is 16.4 Å². The molecule has 4 aromatic rings. The van der Waals surface area contributed by atoms with Crippen molar-refractivity contribution in [2.45, 2.75) is 37.4 Å². The standard InChI is InChI=1S/C24H21F4N5O3S/c1-3-14-9-20-17(10-18(14)25)21(23(29)34)22(33(20)15-5-4-8-30-11-15)19-7-6-16(12-31-19)37(35,36)32-13(2)24(26,27)28/h4-13,32H,3H2,1-2H3,(H2,29,34)/t13-/m0/s1. The monoisotopic (exact) mass is 535 g/mol. The highest BCUT2D eigenvalue weighted by atomic mass is 32.2. The third-order valence-corrected chi connectivity index (χ3v) is 7.30. The molecule has 3 aromatic heterocycles. The molecule has 1 amide bonds. The number of primary amides is 1. The van der Waals surface area contributed by atoms with Crippen molar-refractivity contribution in [3.05, 3.63) is 71.9 Å². The Morgan fingerprint density at radius 1 is 1.19 bits per heavy atom. The third kappa shape index (κ3) is 4.91. The molecule has 0 spiro atoms. The number of pyridine rings is 2. The fourth-order valence-corrected chi connectivity index (χ4v) is 5.09. The van der Waals surface area contributed by atoms with Crippen molar-refractivity contribution in [3.63, 3.8) is 0 Å². The predicted octanol–water partition coefficient (Wildman–Crippen LogP) is 4.12. The maximum Gasteiger partial charge on any atom is 0.404 e. The lowest BCUT2D eigenvalue weighted by atomic mass is 10.0. The van der Waals surface area contributed by atoms with Crippen molar-refractivity contribution >= 4 is 26.8 Å². The minimum atomic E-state index is -4.78. The molecule has 37 heavy (non-hydrogen) atoms. The number of sulfonamides is 1. The van der Waals surface area contributed by atoms with Gasteiger partial charge in [-0.05, 0) is 55.3 Å². The summed E-state index contributed by atoms with van der Waals surface area (Å²) in [4.78, 5) is 20.3. The fourth-order valence-electron chi connectivity index (χ4n) is 3.91. The number of aryl methyl sites for hydroxylation is 1. The van der Waals surface area contributed by atoms with Crippen LogP contribution in [0.3, 0.4) is 0 Å². The van der Waals surface area contributed by atoms with E-state index in [1.807, 2.05) is 0 Å². The first-order valence-electron chi connectivity index (χ1n) is 11.0. The van der Waals surface area contributed by atoms with E-state index in [0.29, 0.717) is 30.1 Å². The lowest BCUT2D eigenvalue weighted by Gasteiger charge is -2.17. The second-order valence-corrected chi connectivity index (χ2v) is 9.93. The van der Waals surface area contributed by atoms with Crippen LogP contribution in [0.15, 0.2) is 59.9 Å². The number of nitrogens with one attached hydrogen (secondary N) is 1. The van der Waals surface area contributed by atoms with Crippen molar-refractivity contribution in [2.75, 3.05) is 0 Å². The first-order chi connectivity index (χ1) is 17.3. The normalized spacial score (nSPS) is 13.1. The van der Waals surface area contributed by atoms with Crippen LogP contribution in [0.4, 0.5) is 17.6 Å². The molecule has 8 nitrogen and oxygen atoms in total. The lowest BCUT2D eigenvalue weighted by Crippen LogP contribution is -2.42. The van der Waals surface area contributed by atoms with Gasteiger partial charge in [0, 0.05) is 17.8 Å². The maximum absolute atomic E-state index is 14.7. The highest BCUT2D eigenvalue weighted by Crippen LogP contribution is 2.37. The molecule has 0 unspecified atom stereocenters. The second-order valence-electron chi connectivity index (χ2n) is 8.21. The summed E-state index contributed by atoms with van der Waals surface area (Å²) in [6, 6.07) is 6.08. The van der Waals surface area contributed by atoms with E-state index in [1.54, 1.807) is 34.4 Å². The van der Waals surface area contributed by atoms with Gasteiger partial charge in [0.2, 0.25) is 10.0 Å². The van der Waals surface area contributed by atoms with Crippen molar-refractivity contribution in [1.82, 2.24) is 19.3 Å². The van der Waals surface area contributed by atoms with Gasteiger partial charge < -0.3 is 10.3 Å². The summed E-state index contributed by atoms with van der Waals surface area (Å²) in [5, 5.41) is 0.209. The zero-order chi connectivity index (χ0) is 27.1. The van der Waals surface area contributed by atoms with Gasteiger partial charge in [0.25, 0.3) is 5.91 Å². The number of aromatic nitrogens is 3. The zero-order valence-corrected chi connectivity index (χ0v) is 20.4. The van der Waals surface area contributed by atoms with Crippen LogP contribution in [0, 0.1) is 5.82 Å². The highest BCUT2D eigenvalue weighted by molar-refractivity contribution is 7.89. The van der Waals surface area contributed by atoms with Gasteiger partial charge in [0.15, 0.2) is 0 Å². The summed E-state index contributed by atoms with van der Waals surface area (Å²) >= 11 is 0. The van der Waals surface area contributed by atoms with Crippen LogP contribution in [0.25, 0.3) is 28.0 Å². The SMILES string of the molecule is CCc1cc2c(cc1F)c(C(N)=O)c(-c1ccc(S(=O)(=O)N[C@@H](C)C(F)(F)F)cn1)n2-c1cccnc1. The molecule has 0 saturated heterocycles. The molecule has 0 radical (unpaired) electrons. The minimum Gasteiger partial charge on any atom is -0.366 e. The van der Waals surface area contributed by atoms with E-state index in [1.165, 1.54) is 24.5 Å². The van der Waals surface area contributed by atoms with E-state index < -0.39 is 38.9 Å². The molecule has 3 heterocycles. The molecule has 0 aliphatic carbocycles. The van der Waals surface area contributed by atoms with Gasteiger partial charge >= 0.3 is 6.18 Å². The Kier molecular flexibility index (Phi) is 6.78. The topological polar surface area (TPSA) is 120 Å². The Hall–Kier alpha value is -3.84. The molecule has 13 heteroatoms. The molecule has 0 aliphatic heterocycles. The number of nitrogens with zero attached hydrogens (tertiary/aromatic N) is 3. The van der Waals surface area contributed by atoms with E-state index in [2.05, 4.69) is 9.97 Å². The number of fused-ring (bicyclic) bond motifs is 1. The molecule has 3 N–H and O–H groups in total. The number of nitrogens with two attached hydrogens (primary N) is 1. The molecule has 4 rings (SSSR count). The van der Waals surface area contributed by atoms with Crippen molar-refractivity contribution in [2.24, 2.45) is 5.73 Å². The average molecular weight is 536 g/mol. The summed E-state index contributed by atoms with van der Waals surface area (Å²) in [6.45, 7) is 2.44.